The highest BCUT2D eigenvalue weighted by molar-refractivity contribution is 6.30. The molecule has 0 aliphatic rings. The third-order valence-electron chi connectivity index (χ3n) is 2.19. The van der Waals surface area contributed by atoms with Crippen LogP contribution in [0.5, 0.6) is 11.8 Å². The molecule has 4 nitrogen and oxygen atoms in total. The van der Waals surface area contributed by atoms with Gasteiger partial charge < -0.3 is 10.5 Å². The molecule has 1 aromatic carbocycles. The van der Waals surface area contributed by atoms with E-state index in [1.54, 1.807) is 35.0 Å². The highest BCUT2D eigenvalue weighted by Crippen LogP contribution is 2.23. The minimum absolute atomic E-state index is 0.488. The van der Waals surface area contributed by atoms with E-state index in [2.05, 4.69) is 4.98 Å². The number of ether oxygens (including phenoxy) is 1. The van der Waals surface area contributed by atoms with Gasteiger partial charge in [0.2, 0.25) is 0 Å². The number of halogens is 1. The number of hydrogen-bond donors (Lipinski definition) is 1. The summed E-state index contributed by atoms with van der Waals surface area (Å²) in [5, 5.41) is 0.672. The van der Waals surface area contributed by atoms with E-state index in [4.69, 9.17) is 22.1 Å². The molecule has 1 heterocycles. The second kappa shape index (κ2) is 4.45. The van der Waals surface area contributed by atoms with Crippen LogP contribution in [0.4, 0.5) is 5.82 Å². The van der Waals surface area contributed by atoms with Crippen LogP contribution in [0, 0.1) is 0 Å². The number of benzene rings is 1. The molecule has 84 valence electrons. The van der Waals surface area contributed by atoms with Gasteiger partial charge in [-0.3, -0.25) is 4.57 Å². The zero-order valence-electron chi connectivity index (χ0n) is 8.85. The molecule has 0 aliphatic carbocycles. The van der Waals surface area contributed by atoms with Crippen LogP contribution in [0.2, 0.25) is 5.02 Å². The van der Waals surface area contributed by atoms with Crippen LogP contribution in [0.15, 0.2) is 30.5 Å². The first kappa shape index (κ1) is 10.8. The van der Waals surface area contributed by atoms with Crippen LogP contribution >= 0.6 is 11.6 Å². The molecule has 0 aliphatic heterocycles. The van der Waals surface area contributed by atoms with Gasteiger partial charge >= 0.3 is 6.01 Å². The summed E-state index contributed by atoms with van der Waals surface area (Å²) in [6.07, 6.45) is 1.58. The Morgan fingerprint density at radius 3 is 2.69 bits per heavy atom. The van der Waals surface area contributed by atoms with Crippen molar-refractivity contribution in [1.82, 2.24) is 9.55 Å². The molecule has 0 saturated carbocycles. The van der Waals surface area contributed by atoms with Crippen LogP contribution in [0.25, 0.3) is 0 Å². The number of nitrogens with zero attached hydrogens (tertiary/aromatic N) is 2. The Kier molecular flexibility index (Phi) is 3.01. The van der Waals surface area contributed by atoms with Crippen molar-refractivity contribution < 1.29 is 4.74 Å². The minimum Gasteiger partial charge on any atom is -0.425 e. The van der Waals surface area contributed by atoms with Crippen molar-refractivity contribution in [3.63, 3.8) is 0 Å². The van der Waals surface area contributed by atoms with E-state index in [9.17, 15) is 0 Å². The van der Waals surface area contributed by atoms with Crippen molar-refractivity contribution in [2.75, 3.05) is 5.73 Å². The summed E-state index contributed by atoms with van der Waals surface area (Å²) in [4.78, 5) is 4.09. The SMILES string of the molecule is CCn1c(N)cnc1Oc1ccc(Cl)cc1. The van der Waals surface area contributed by atoms with Gasteiger partial charge in [-0.25, -0.2) is 4.98 Å². The number of nitrogens with two attached hydrogens (primary N) is 1. The summed E-state index contributed by atoms with van der Waals surface area (Å²) in [6.45, 7) is 2.70. The zero-order chi connectivity index (χ0) is 11.5. The highest BCUT2D eigenvalue weighted by Gasteiger charge is 2.07. The van der Waals surface area contributed by atoms with Gasteiger partial charge in [0.25, 0.3) is 0 Å². The second-order valence-electron chi connectivity index (χ2n) is 3.27. The zero-order valence-corrected chi connectivity index (χ0v) is 9.61. The molecule has 2 N–H and O–H groups in total. The Morgan fingerprint density at radius 2 is 2.06 bits per heavy atom. The summed E-state index contributed by atoms with van der Waals surface area (Å²) in [6, 6.07) is 7.58. The fraction of sp³-hybridized carbons (Fsp3) is 0.182. The van der Waals surface area contributed by atoms with E-state index in [0.29, 0.717) is 22.6 Å². The second-order valence-corrected chi connectivity index (χ2v) is 3.70. The van der Waals surface area contributed by atoms with E-state index in [0.717, 1.165) is 6.54 Å². The molecule has 0 radical (unpaired) electrons. The topological polar surface area (TPSA) is 53.1 Å². The lowest BCUT2D eigenvalue weighted by Crippen LogP contribution is -2.02. The van der Waals surface area contributed by atoms with E-state index >= 15 is 0 Å². The van der Waals surface area contributed by atoms with Gasteiger partial charge in [-0.05, 0) is 31.2 Å². The number of imidazole rings is 1. The van der Waals surface area contributed by atoms with Crippen LogP contribution < -0.4 is 10.5 Å². The van der Waals surface area contributed by atoms with Crippen molar-refractivity contribution in [2.45, 2.75) is 13.5 Å². The van der Waals surface area contributed by atoms with Crippen molar-refractivity contribution in [2.24, 2.45) is 0 Å². The fourth-order valence-corrected chi connectivity index (χ4v) is 1.50. The van der Waals surface area contributed by atoms with Gasteiger partial charge in [0.1, 0.15) is 11.6 Å². The first-order valence-electron chi connectivity index (χ1n) is 4.95. The van der Waals surface area contributed by atoms with E-state index in [-0.39, 0.29) is 0 Å². The summed E-state index contributed by atoms with van der Waals surface area (Å²) in [5.41, 5.74) is 5.73. The van der Waals surface area contributed by atoms with E-state index < -0.39 is 0 Å². The Morgan fingerprint density at radius 1 is 1.38 bits per heavy atom. The molecule has 0 saturated heterocycles. The van der Waals surface area contributed by atoms with Crippen molar-refractivity contribution >= 4 is 17.4 Å². The normalized spacial score (nSPS) is 10.4. The first-order valence-corrected chi connectivity index (χ1v) is 5.33. The summed E-state index contributed by atoms with van der Waals surface area (Å²) in [5.74, 6) is 1.27. The van der Waals surface area contributed by atoms with Crippen LogP contribution in [0.1, 0.15) is 6.92 Å². The Balaban J connectivity index is 2.23. The number of hydrogen-bond acceptors (Lipinski definition) is 3. The number of nitrogen functional groups attached to an aromatic ring is 1. The van der Waals surface area contributed by atoms with Crippen LogP contribution in [-0.4, -0.2) is 9.55 Å². The average Bonchev–Trinajstić information content (AvgIpc) is 2.63. The molecule has 16 heavy (non-hydrogen) atoms. The summed E-state index contributed by atoms with van der Waals surface area (Å²) >= 11 is 5.78. The molecule has 0 amide bonds. The summed E-state index contributed by atoms with van der Waals surface area (Å²) < 4.78 is 7.38. The highest BCUT2D eigenvalue weighted by atomic mass is 35.5. The maximum absolute atomic E-state index is 5.78. The molecule has 0 bridgehead atoms. The Bertz CT molecular complexity index is 478. The van der Waals surface area contributed by atoms with Crippen molar-refractivity contribution in [3.8, 4) is 11.8 Å². The molecule has 0 spiro atoms. The number of aromatic nitrogens is 2. The van der Waals surface area contributed by atoms with E-state index in [1.165, 1.54) is 0 Å². The van der Waals surface area contributed by atoms with Gasteiger partial charge in [0.05, 0.1) is 6.20 Å². The molecule has 1 aromatic heterocycles. The molecule has 2 aromatic rings. The fourth-order valence-electron chi connectivity index (χ4n) is 1.38. The Labute approximate surface area is 98.6 Å². The van der Waals surface area contributed by atoms with Gasteiger partial charge in [-0.15, -0.1) is 0 Å². The predicted molar refractivity (Wildman–Crippen MR) is 63.8 cm³/mol. The lowest BCUT2D eigenvalue weighted by atomic mass is 10.3. The van der Waals surface area contributed by atoms with Gasteiger partial charge in [0.15, 0.2) is 0 Å². The van der Waals surface area contributed by atoms with Crippen molar-refractivity contribution in [3.05, 3.63) is 35.5 Å². The van der Waals surface area contributed by atoms with Gasteiger partial charge in [-0.1, -0.05) is 11.6 Å². The van der Waals surface area contributed by atoms with Crippen LogP contribution in [0.3, 0.4) is 0 Å². The van der Waals surface area contributed by atoms with Crippen molar-refractivity contribution in [1.29, 1.82) is 0 Å². The Hall–Kier alpha value is -1.68. The molecule has 2 rings (SSSR count). The standard InChI is InChI=1S/C11H12ClN3O/c1-2-15-10(13)7-14-11(15)16-9-5-3-8(12)4-6-9/h3-7H,2,13H2,1H3. The van der Waals surface area contributed by atoms with Crippen LogP contribution in [-0.2, 0) is 6.54 Å². The van der Waals surface area contributed by atoms with Gasteiger partial charge in [0, 0.05) is 11.6 Å². The predicted octanol–water partition coefficient (Wildman–Crippen LogP) is 2.93. The minimum atomic E-state index is 0.488. The quantitative estimate of drug-likeness (QED) is 0.893. The molecule has 0 unspecified atom stereocenters. The first-order chi connectivity index (χ1) is 7.70. The molecule has 0 fully saturated rings. The molecule has 0 atom stereocenters. The maximum atomic E-state index is 5.78. The summed E-state index contributed by atoms with van der Waals surface area (Å²) in [7, 11) is 0. The largest absolute Gasteiger partial charge is 0.425 e. The average molecular weight is 238 g/mol. The van der Waals surface area contributed by atoms with Gasteiger partial charge in [-0.2, -0.15) is 0 Å². The number of rotatable bonds is 3. The third kappa shape index (κ3) is 2.12. The monoisotopic (exact) mass is 237 g/mol. The molecular formula is C11H12ClN3O. The lowest BCUT2D eigenvalue weighted by Gasteiger charge is -2.07. The smallest absolute Gasteiger partial charge is 0.303 e. The lowest BCUT2D eigenvalue weighted by molar-refractivity contribution is 0.417. The molecule has 5 heteroatoms. The molecular weight excluding hydrogens is 226 g/mol. The third-order valence-corrected chi connectivity index (χ3v) is 2.44. The van der Waals surface area contributed by atoms with E-state index in [1.807, 2.05) is 6.92 Å². The number of anilines is 1. The maximum Gasteiger partial charge on any atom is 0.303 e.